The Labute approximate surface area is 119 Å². The molecule has 2 aliphatic rings. The van der Waals surface area contributed by atoms with Crippen LogP contribution in [0.1, 0.15) is 20.3 Å². The van der Waals surface area contributed by atoms with E-state index in [1.165, 1.54) is 12.2 Å². The van der Waals surface area contributed by atoms with Crippen molar-refractivity contribution in [3.63, 3.8) is 0 Å². The van der Waals surface area contributed by atoms with E-state index in [2.05, 4.69) is 48.0 Å². The maximum atomic E-state index is 6.20. The fraction of sp³-hybridized carbons (Fsp3) is 0.533. The quantitative estimate of drug-likeness (QED) is 0.857. The average Bonchev–Trinajstić information content (AvgIpc) is 2.73. The number of hydrogen-bond acceptors (Lipinski definition) is 4. The summed E-state index contributed by atoms with van der Waals surface area (Å²) in [5.41, 5.74) is 7.62. The van der Waals surface area contributed by atoms with Gasteiger partial charge >= 0.3 is 0 Å². The van der Waals surface area contributed by atoms with E-state index in [0.717, 1.165) is 18.0 Å². The zero-order valence-corrected chi connectivity index (χ0v) is 12.4. The van der Waals surface area contributed by atoms with E-state index in [4.69, 9.17) is 5.73 Å². The minimum atomic E-state index is 0.0291. The fourth-order valence-electron chi connectivity index (χ4n) is 3.15. The molecule has 102 valence electrons. The highest BCUT2D eigenvalue weighted by molar-refractivity contribution is 7.99. The number of thioether (sulfide) groups is 1. The number of nitrogens with two attached hydrogens (primary N) is 1. The van der Waals surface area contributed by atoms with Crippen molar-refractivity contribution in [1.29, 1.82) is 0 Å². The summed E-state index contributed by atoms with van der Waals surface area (Å²) < 4.78 is 0. The first-order chi connectivity index (χ1) is 9.07. The van der Waals surface area contributed by atoms with Gasteiger partial charge in [0.2, 0.25) is 0 Å². The zero-order valence-electron chi connectivity index (χ0n) is 11.6. The molecule has 1 atom stereocenters. The highest BCUT2D eigenvalue weighted by atomic mass is 32.2. The monoisotopic (exact) mass is 275 g/mol. The summed E-state index contributed by atoms with van der Waals surface area (Å²) in [6, 6.07) is 10.4. The number of aliphatic imine (C=N–C) groups is 1. The van der Waals surface area contributed by atoms with Gasteiger partial charge in [-0.3, -0.25) is 4.99 Å². The number of hydrogen-bond donors (Lipinski definition) is 1. The van der Waals surface area contributed by atoms with Crippen LogP contribution in [0, 0.1) is 5.41 Å². The van der Waals surface area contributed by atoms with Crippen LogP contribution in [-0.2, 0) is 0 Å². The predicted octanol–water partition coefficient (Wildman–Crippen LogP) is 2.72. The summed E-state index contributed by atoms with van der Waals surface area (Å²) in [7, 11) is 0. The van der Waals surface area contributed by atoms with E-state index in [0.29, 0.717) is 5.96 Å². The van der Waals surface area contributed by atoms with Gasteiger partial charge in [0.05, 0.1) is 12.1 Å². The summed E-state index contributed by atoms with van der Waals surface area (Å²) in [5.74, 6) is 3.00. The standard InChI is InChI=1S/C15H21N3S/c1-14(2)8-9-19-11-15(14)10-17-13(16)18(15)12-6-4-3-5-7-12/h3-7H,8-11H2,1-2H3,(H2,16,17). The highest BCUT2D eigenvalue weighted by Gasteiger charge is 2.54. The minimum absolute atomic E-state index is 0.0291. The molecule has 0 aliphatic carbocycles. The number of anilines is 1. The van der Waals surface area contributed by atoms with E-state index in [-0.39, 0.29) is 11.0 Å². The van der Waals surface area contributed by atoms with Crippen LogP contribution in [0.4, 0.5) is 5.69 Å². The molecule has 2 heterocycles. The maximum Gasteiger partial charge on any atom is 0.196 e. The van der Waals surface area contributed by atoms with Crippen molar-refractivity contribution < 1.29 is 0 Å². The van der Waals surface area contributed by atoms with Crippen LogP contribution in [0.5, 0.6) is 0 Å². The lowest BCUT2D eigenvalue weighted by molar-refractivity contribution is 0.192. The molecular weight excluding hydrogens is 254 g/mol. The Bertz CT molecular complexity index is 497. The van der Waals surface area contributed by atoms with E-state index in [1.54, 1.807) is 0 Å². The summed E-state index contributed by atoms with van der Waals surface area (Å²) in [6.07, 6.45) is 1.21. The largest absolute Gasteiger partial charge is 0.369 e. The normalized spacial score (nSPS) is 29.6. The second-order valence-corrected chi connectivity index (χ2v) is 7.17. The number of benzene rings is 1. The third-order valence-corrected chi connectivity index (χ3v) is 5.82. The second kappa shape index (κ2) is 4.44. The first kappa shape index (κ1) is 12.9. The van der Waals surface area contributed by atoms with Gasteiger partial charge in [0.25, 0.3) is 0 Å². The molecule has 0 radical (unpaired) electrons. The lowest BCUT2D eigenvalue weighted by Crippen LogP contribution is -2.63. The SMILES string of the molecule is CC1(C)CCSCC12CN=C(N)N2c1ccccc1. The molecule has 1 unspecified atom stereocenters. The first-order valence-electron chi connectivity index (χ1n) is 6.80. The van der Waals surface area contributed by atoms with Crippen LogP contribution >= 0.6 is 11.8 Å². The van der Waals surface area contributed by atoms with Gasteiger partial charge < -0.3 is 10.6 Å². The lowest BCUT2D eigenvalue weighted by Gasteiger charge is -2.52. The second-order valence-electron chi connectivity index (χ2n) is 6.06. The first-order valence-corrected chi connectivity index (χ1v) is 7.95. The van der Waals surface area contributed by atoms with Crippen molar-refractivity contribution >= 4 is 23.4 Å². The summed E-state index contributed by atoms with van der Waals surface area (Å²) >= 11 is 2.02. The molecule has 1 spiro atoms. The molecule has 0 amide bonds. The van der Waals surface area contributed by atoms with Gasteiger partial charge in [0.15, 0.2) is 5.96 Å². The van der Waals surface area contributed by atoms with Crippen LogP contribution < -0.4 is 10.6 Å². The van der Waals surface area contributed by atoms with Crippen LogP contribution in [0.2, 0.25) is 0 Å². The van der Waals surface area contributed by atoms with Gasteiger partial charge in [-0.05, 0) is 29.7 Å². The fourth-order valence-corrected chi connectivity index (χ4v) is 4.90. The average molecular weight is 275 g/mol. The van der Waals surface area contributed by atoms with Crippen molar-refractivity contribution in [2.75, 3.05) is 23.0 Å². The van der Waals surface area contributed by atoms with E-state index in [9.17, 15) is 0 Å². The molecule has 1 aromatic carbocycles. The number of guanidine groups is 1. The van der Waals surface area contributed by atoms with Crippen LogP contribution in [0.3, 0.4) is 0 Å². The Kier molecular flexibility index (Phi) is 3.01. The Balaban J connectivity index is 2.07. The third kappa shape index (κ3) is 1.84. The number of para-hydroxylation sites is 1. The molecule has 1 aromatic rings. The topological polar surface area (TPSA) is 41.6 Å². The molecule has 3 rings (SSSR count). The summed E-state index contributed by atoms with van der Waals surface area (Å²) in [5, 5.41) is 0. The smallest absolute Gasteiger partial charge is 0.196 e. The van der Waals surface area contributed by atoms with Crippen molar-refractivity contribution in [3.05, 3.63) is 30.3 Å². The van der Waals surface area contributed by atoms with Crippen LogP contribution in [0.15, 0.2) is 35.3 Å². The van der Waals surface area contributed by atoms with Crippen molar-refractivity contribution in [2.24, 2.45) is 16.1 Å². The number of nitrogens with zero attached hydrogens (tertiary/aromatic N) is 2. The van der Waals surface area contributed by atoms with Gasteiger partial charge in [-0.2, -0.15) is 11.8 Å². The van der Waals surface area contributed by atoms with E-state index in [1.807, 2.05) is 17.8 Å². The van der Waals surface area contributed by atoms with Crippen molar-refractivity contribution in [3.8, 4) is 0 Å². The molecule has 1 fully saturated rings. The van der Waals surface area contributed by atoms with Gasteiger partial charge in [-0.1, -0.05) is 32.0 Å². The summed E-state index contributed by atoms with van der Waals surface area (Å²) in [6.45, 7) is 5.53. The molecule has 2 aliphatic heterocycles. The van der Waals surface area contributed by atoms with Crippen LogP contribution in [0.25, 0.3) is 0 Å². The minimum Gasteiger partial charge on any atom is -0.369 e. The molecular formula is C15H21N3S. The Morgan fingerprint density at radius 2 is 2.00 bits per heavy atom. The van der Waals surface area contributed by atoms with Gasteiger partial charge in [0, 0.05) is 11.4 Å². The number of rotatable bonds is 1. The molecule has 2 N–H and O–H groups in total. The Hall–Kier alpha value is -1.16. The Morgan fingerprint density at radius 3 is 2.68 bits per heavy atom. The summed E-state index contributed by atoms with van der Waals surface area (Å²) in [4.78, 5) is 6.85. The van der Waals surface area contributed by atoms with E-state index >= 15 is 0 Å². The molecule has 0 saturated carbocycles. The van der Waals surface area contributed by atoms with Crippen LogP contribution in [-0.4, -0.2) is 29.5 Å². The lowest BCUT2D eigenvalue weighted by atomic mass is 9.70. The van der Waals surface area contributed by atoms with Gasteiger partial charge in [0.1, 0.15) is 0 Å². The molecule has 0 bridgehead atoms. The highest BCUT2D eigenvalue weighted by Crippen LogP contribution is 2.49. The maximum absolute atomic E-state index is 6.20. The van der Waals surface area contributed by atoms with Gasteiger partial charge in [-0.25, -0.2) is 0 Å². The molecule has 1 saturated heterocycles. The molecule has 19 heavy (non-hydrogen) atoms. The predicted molar refractivity (Wildman–Crippen MR) is 83.9 cm³/mol. The van der Waals surface area contributed by atoms with Crippen molar-refractivity contribution in [2.45, 2.75) is 25.8 Å². The zero-order chi connectivity index (χ0) is 13.5. The molecule has 3 nitrogen and oxygen atoms in total. The third-order valence-electron chi connectivity index (χ3n) is 4.65. The van der Waals surface area contributed by atoms with Crippen molar-refractivity contribution in [1.82, 2.24) is 0 Å². The Morgan fingerprint density at radius 1 is 1.26 bits per heavy atom. The molecule has 0 aromatic heterocycles. The van der Waals surface area contributed by atoms with E-state index < -0.39 is 0 Å². The van der Waals surface area contributed by atoms with Gasteiger partial charge in [-0.15, -0.1) is 0 Å². The molecule has 4 heteroatoms.